The predicted molar refractivity (Wildman–Crippen MR) is 112 cm³/mol. The van der Waals surface area contributed by atoms with Crippen LogP contribution in [0.2, 0.25) is 0 Å². The van der Waals surface area contributed by atoms with Gasteiger partial charge in [0.15, 0.2) is 5.13 Å². The molecule has 1 aliphatic rings. The van der Waals surface area contributed by atoms with E-state index < -0.39 is 0 Å². The van der Waals surface area contributed by atoms with E-state index in [0.29, 0.717) is 10.8 Å². The van der Waals surface area contributed by atoms with Crippen LogP contribution in [-0.2, 0) is 0 Å². The molecule has 140 valence electrons. The summed E-state index contributed by atoms with van der Waals surface area (Å²) in [7, 11) is 0. The van der Waals surface area contributed by atoms with Gasteiger partial charge in [-0.3, -0.25) is 4.79 Å². The number of nitrogens with zero attached hydrogens (tertiary/aromatic N) is 2. The monoisotopic (exact) mass is 400 g/mol. The molecule has 0 aliphatic carbocycles. The Labute approximate surface area is 165 Å². The molecule has 3 heterocycles. The lowest BCUT2D eigenvalue weighted by Crippen LogP contribution is -2.36. The van der Waals surface area contributed by atoms with E-state index >= 15 is 0 Å². The first-order valence-electron chi connectivity index (χ1n) is 8.77. The van der Waals surface area contributed by atoms with Gasteiger partial charge < -0.3 is 20.6 Å². The van der Waals surface area contributed by atoms with Crippen LogP contribution in [0.25, 0.3) is 0 Å². The highest BCUT2D eigenvalue weighted by Crippen LogP contribution is 2.29. The summed E-state index contributed by atoms with van der Waals surface area (Å²) in [6.07, 6.45) is 1.25. The molecular formula is C19H20N4O2S2. The fraction of sp³-hybridized carbons (Fsp3) is 0.263. The fourth-order valence-corrected chi connectivity index (χ4v) is 4.34. The fourth-order valence-electron chi connectivity index (χ4n) is 3.04. The van der Waals surface area contributed by atoms with E-state index in [9.17, 15) is 9.90 Å². The van der Waals surface area contributed by atoms with Crippen molar-refractivity contribution in [2.75, 3.05) is 28.6 Å². The van der Waals surface area contributed by atoms with Gasteiger partial charge in [-0.05, 0) is 36.4 Å². The number of carbonyl (C=O) groups is 1. The molecule has 0 bridgehead atoms. The molecule has 0 unspecified atom stereocenters. The summed E-state index contributed by atoms with van der Waals surface area (Å²) in [4.78, 5) is 19.3. The summed E-state index contributed by atoms with van der Waals surface area (Å²) in [6.45, 7) is 1.55. The van der Waals surface area contributed by atoms with Crippen LogP contribution in [0, 0.1) is 0 Å². The van der Waals surface area contributed by atoms with Gasteiger partial charge in [-0.1, -0.05) is 12.1 Å². The number of piperidine rings is 1. The number of aliphatic hydroxyl groups excluding tert-OH is 1. The first-order valence-corrected chi connectivity index (χ1v) is 10.6. The molecule has 1 saturated heterocycles. The number of rotatable bonds is 5. The Morgan fingerprint density at radius 1 is 1.19 bits per heavy atom. The Morgan fingerprint density at radius 3 is 2.78 bits per heavy atom. The van der Waals surface area contributed by atoms with Gasteiger partial charge in [-0.25, -0.2) is 4.98 Å². The number of para-hydroxylation sites is 2. The van der Waals surface area contributed by atoms with Crippen LogP contribution in [0.3, 0.4) is 0 Å². The third-order valence-electron chi connectivity index (χ3n) is 4.47. The minimum absolute atomic E-state index is 0.228. The molecule has 27 heavy (non-hydrogen) atoms. The van der Waals surface area contributed by atoms with Gasteiger partial charge in [-0.2, -0.15) is 11.3 Å². The van der Waals surface area contributed by atoms with Crippen molar-refractivity contribution in [3.63, 3.8) is 0 Å². The maximum atomic E-state index is 12.7. The second-order valence-corrected chi connectivity index (χ2v) is 8.00. The average Bonchev–Trinajstić information content (AvgIpc) is 3.36. The van der Waals surface area contributed by atoms with Crippen molar-refractivity contribution in [3.05, 3.63) is 52.2 Å². The van der Waals surface area contributed by atoms with Crippen molar-refractivity contribution in [2.24, 2.45) is 0 Å². The summed E-state index contributed by atoms with van der Waals surface area (Å²) in [5, 5.41) is 22.3. The lowest BCUT2D eigenvalue weighted by molar-refractivity contribution is 0.102. The molecule has 3 aromatic rings. The Balaban J connectivity index is 1.46. The summed E-state index contributed by atoms with van der Waals surface area (Å²) in [5.74, 6) is -0.228. The highest BCUT2D eigenvalue weighted by atomic mass is 32.1. The smallest absolute Gasteiger partial charge is 0.275 e. The zero-order valence-corrected chi connectivity index (χ0v) is 16.2. The first-order chi connectivity index (χ1) is 13.2. The maximum Gasteiger partial charge on any atom is 0.275 e. The zero-order chi connectivity index (χ0) is 18.6. The van der Waals surface area contributed by atoms with Crippen molar-refractivity contribution in [1.82, 2.24) is 4.98 Å². The van der Waals surface area contributed by atoms with Crippen LogP contribution in [0.1, 0.15) is 23.3 Å². The zero-order valence-electron chi connectivity index (χ0n) is 14.6. The Bertz CT molecular complexity index is 902. The van der Waals surface area contributed by atoms with Crippen LogP contribution in [-0.4, -0.2) is 35.2 Å². The quantitative estimate of drug-likeness (QED) is 0.599. The second-order valence-electron chi connectivity index (χ2n) is 6.36. The number of thiazole rings is 1. The molecule has 4 rings (SSSR count). The standard InChI is InChI=1S/C19H20N4O2S2/c24-14-5-8-23(9-6-14)17-4-2-1-3-15(17)21-18(25)16-12-27-19(22-16)20-13-7-10-26-11-13/h1-4,7,10-12,14,24H,5-6,8-9H2,(H,20,22)(H,21,25). The number of carbonyl (C=O) groups excluding carboxylic acids is 1. The number of hydrogen-bond acceptors (Lipinski definition) is 7. The molecular weight excluding hydrogens is 380 g/mol. The van der Waals surface area contributed by atoms with Crippen LogP contribution in [0.5, 0.6) is 0 Å². The Kier molecular flexibility index (Phi) is 5.38. The SMILES string of the molecule is O=C(Nc1ccccc1N1CCC(O)CC1)c1csc(Nc2ccsc2)n1. The minimum Gasteiger partial charge on any atom is -0.393 e. The van der Waals surface area contributed by atoms with Gasteiger partial charge in [-0.15, -0.1) is 11.3 Å². The molecule has 8 heteroatoms. The van der Waals surface area contributed by atoms with Gasteiger partial charge in [0.2, 0.25) is 0 Å². The second kappa shape index (κ2) is 8.08. The summed E-state index contributed by atoms with van der Waals surface area (Å²) in [5.41, 5.74) is 3.10. The van der Waals surface area contributed by atoms with Gasteiger partial charge in [0, 0.05) is 23.8 Å². The van der Waals surface area contributed by atoms with Crippen molar-refractivity contribution in [3.8, 4) is 0 Å². The third kappa shape index (κ3) is 4.29. The lowest BCUT2D eigenvalue weighted by atomic mass is 10.1. The van der Waals surface area contributed by atoms with Crippen LogP contribution >= 0.6 is 22.7 Å². The number of benzene rings is 1. The van der Waals surface area contributed by atoms with Crippen LogP contribution in [0.4, 0.5) is 22.2 Å². The number of hydrogen-bond donors (Lipinski definition) is 3. The van der Waals surface area contributed by atoms with E-state index in [4.69, 9.17) is 0 Å². The number of thiophene rings is 1. The van der Waals surface area contributed by atoms with Gasteiger partial charge in [0.05, 0.1) is 23.2 Å². The van der Waals surface area contributed by atoms with E-state index in [0.717, 1.165) is 43.0 Å². The van der Waals surface area contributed by atoms with E-state index in [1.807, 2.05) is 41.1 Å². The molecule has 1 amide bonds. The first kappa shape index (κ1) is 18.0. The molecule has 3 N–H and O–H groups in total. The highest BCUT2D eigenvalue weighted by Gasteiger charge is 2.20. The van der Waals surface area contributed by atoms with E-state index in [2.05, 4.69) is 20.5 Å². The molecule has 1 aliphatic heterocycles. The van der Waals surface area contributed by atoms with Crippen LogP contribution < -0.4 is 15.5 Å². The number of amides is 1. The van der Waals surface area contributed by atoms with Crippen molar-refractivity contribution in [1.29, 1.82) is 0 Å². The van der Waals surface area contributed by atoms with Gasteiger partial charge in [0.1, 0.15) is 5.69 Å². The third-order valence-corrected chi connectivity index (χ3v) is 5.91. The van der Waals surface area contributed by atoms with E-state index in [-0.39, 0.29) is 12.0 Å². The van der Waals surface area contributed by atoms with Crippen molar-refractivity contribution in [2.45, 2.75) is 18.9 Å². The highest BCUT2D eigenvalue weighted by molar-refractivity contribution is 7.14. The number of anilines is 4. The molecule has 2 aromatic heterocycles. The van der Waals surface area contributed by atoms with E-state index in [1.165, 1.54) is 11.3 Å². The largest absolute Gasteiger partial charge is 0.393 e. The number of aliphatic hydroxyl groups is 1. The topological polar surface area (TPSA) is 77.5 Å². The summed E-state index contributed by atoms with van der Waals surface area (Å²) in [6, 6.07) is 9.73. The van der Waals surface area contributed by atoms with Crippen molar-refractivity contribution >= 4 is 50.8 Å². The maximum absolute atomic E-state index is 12.7. The van der Waals surface area contributed by atoms with Gasteiger partial charge >= 0.3 is 0 Å². The minimum atomic E-state index is -0.229. The number of nitrogens with one attached hydrogen (secondary N) is 2. The predicted octanol–water partition coefficient (Wildman–Crippen LogP) is 4.16. The van der Waals surface area contributed by atoms with Crippen LogP contribution in [0.15, 0.2) is 46.5 Å². The van der Waals surface area contributed by atoms with E-state index in [1.54, 1.807) is 16.7 Å². The number of aromatic nitrogens is 1. The molecule has 6 nitrogen and oxygen atoms in total. The summed E-state index contributed by atoms with van der Waals surface area (Å²) >= 11 is 3.01. The van der Waals surface area contributed by atoms with Crippen molar-refractivity contribution < 1.29 is 9.90 Å². The molecule has 0 saturated carbocycles. The normalized spacial score (nSPS) is 14.9. The molecule has 1 fully saturated rings. The summed E-state index contributed by atoms with van der Waals surface area (Å²) < 4.78 is 0. The Hall–Kier alpha value is -2.42. The molecule has 0 radical (unpaired) electrons. The molecule has 0 atom stereocenters. The Morgan fingerprint density at radius 2 is 2.00 bits per heavy atom. The average molecular weight is 401 g/mol. The van der Waals surface area contributed by atoms with Gasteiger partial charge in [0.25, 0.3) is 5.91 Å². The molecule has 0 spiro atoms. The molecule has 1 aromatic carbocycles. The lowest BCUT2D eigenvalue weighted by Gasteiger charge is -2.32.